The molecule has 0 saturated carbocycles. The Morgan fingerprint density at radius 1 is 0.968 bits per heavy atom. The Hall–Kier alpha value is -3.57. The minimum Gasteiger partial charge on any atom is -0.507 e. The van der Waals surface area contributed by atoms with Gasteiger partial charge in [-0.25, -0.2) is 0 Å². The van der Waals surface area contributed by atoms with Gasteiger partial charge in [-0.3, -0.25) is 14.5 Å². The largest absolute Gasteiger partial charge is 0.507 e. The zero-order valence-electron chi connectivity index (χ0n) is 16.8. The summed E-state index contributed by atoms with van der Waals surface area (Å²) in [4.78, 5) is 27.5. The number of Topliss-reactive ketones (excluding diaryl/α,β-unsaturated/α-hetero) is 1. The van der Waals surface area contributed by atoms with Gasteiger partial charge in [0.05, 0.1) is 18.2 Å². The Kier molecular flexibility index (Phi) is 5.78. The number of benzene rings is 3. The van der Waals surface area contributed by atoms with Gasteiger partial charge >= 0.3 is 0 Å². The fourth-order valence-electron chi connectivity index (χ4n) is 3.68. The number of hydrogen-bond donors (Lipinski definition) is 1. The van der Waals surface area contributed by atoms with Crippen molar-refractivity contribution in [2.24, 2.45) is 0 Å². The first kappa shape index (κ1) is 20.7. The lowest BCUT2D eigenvalue weighted by Crippen LogP contribution is -2.29. The van der Waals surface area contributed by atoms with Gasteiger partial charge in [-0.1, -0.05) is 54.1 Å². The molecule has 156 valence electrons. The SMILES string of the molecule is CCOc1ccc(N2C(=O)C(=O)/C(=C(\O)c3ccccc3)C2c2ccc(Cl)cc2)cc1. The van der Waals surface area contributed by atoms with Crippen LogP contribution in [0.5, 0.6) is 5.75 Å². The number of aliphatic hydroxyl groups excluding tert-OH is 1. The van der Waals surface area contributed by atoms with Crippen LogP contribution >= 0.6 is 11.6 Å². The second-order valence-corrected chi connectivity index (χ2v) is 7.45. The van der Waals surface area contributed by atoms with E-state index in [0.29, 0.717) is 34.2 Å². The molecule has 31 heavy (non-hydrogen) atoms. The molecule has 1 aliphatic heterocycles. The second kappa shape index (κ2) is 8.66. The van der Waals surface area contributed by atoms with E-state index >= 15 is 0 Å². The van der Waals surface area contributed by atoms with Crippen LogP contribution in [-0.4, -0.2) is 23.4 Å². The smallest absolute Gasteiger partial charge is 0.300 e. The first-order valence-electron chi connectivity index (χ1n) is 9.86. The summed E-state index contributed by atoms with van der Waals surface area (Å²) in [6.45, 7) is 2.41. The molecule has 1 heterocycles. The number of anilines is 1. The van der Waals surface area contributed by atoms with E-state index in [1.807, 2.05) is 13.0 Å². The number of ether oxygens (including phenoxy) is 1. The molecule has 1 unspecified atom stereocenters. The lowest BCUT2D eigenvalue weighted by molar-refractivity contribution is -0.132. The maximum absolute atomic E-state index is 13.1. The van der Waals surface area contributed by atoms with Gasteiger partial charge in [0, 0.05) is 16.3 Å². The molecule has 6 heteroatoms. The highest BCUT2D eigenvalue weighted by Gasteiger charge is 2.46. The number of aliphatic hydroxyl groups is 1. The maximum Gasteiger partial charge on any atom is 0.300 e. The van der Waals surface area contributed by atoms with Gasteiger partial charge in [-0.15, -0.1) is 0 Å². The van der Waals surface area contributed by atoms with Crippen molar-refractivity contribution in [3.05, 3.63) is 101 Å². The highest BCUT2D eigenvalue weighted by molar-refractivity contribution is 6.51. The van der Waals surface area contributed by atoms with Gasteiger partial charge in [-0.2, -0.15) is 0 Å². The lowest BCUT2D eigenvalue weighted by Gasteiger charge is -2.25. The third kappa shape index (κ3) is 3.92. The average Bonchev–Trinajstić information content (AvgIpc) is 3.06. The summed E-state index contributed by atoms with van der Waals surface area (Å²) in [5, 5.41) is 11.5. The summed E-state index contributed by atoms with van der Waals surface area (Å²) in [5.74, 6) is -1.00. The number of rotatable bonds is 5. The molecule has 1 amide bonds. The van der Waals surface area contributed by atoms with E-state index in [0.717, 1.165) is 0 Å². The summed E-state index contributed by atoms with van der Waals surface area (Å²) in [7, 11) is 0. The molecule has 3 aromatic rings. The number of carbonyl (C=O) groups excluding carboxylic acids is 2. The third-order valence-corrected chi connectivity index (χ3v) is 5.36. The number of ketones is 1. The summed E-state index contributed by atoms with van der Waals surface area (Å²) in [6.07, 6.45) is 0. The van der Waals surface area contributed by atoms with Crippen molar-refractivity contribution in [3.8, 4) is 5.75 Å². The Morgan fingerprint density at radius 2 is 1.61 bits per heavy atom. The first-order chi connectivity index (χ1) is 15.0. The molecule has 0 bridgehead atoms. The van der Waals surface area contributed by atoms with Gasteiger partial charge in [0.25, 0.3) is 11.7 Å². The van der Waals surface area contributed by atoms with Gasteiger partial charge in [0.15, 0.2) is 0 Å². The van der Waals surface area contributed by atoms with Crippen LogP contribution in [0.4, 0.5) is 5.69 Å². The molecule has 0 aromatic heterocycles. The van der Waals surface area contributed by atoms with E-state index in [1.165, 1.54) is 4.90 Å². The Morgan fingerprint density at radius 3 is 2.23 bits per heavy atom. The maximum atomic E-state index is 13.1. The quantitative estimate of drug-likeness (QED) is 0.334. The number of halogens is 1. The van der Waals surface area contributed by atoms with Gasteiger partial charge in [0.2, 0.25) is 0 Å². The van der Waals surface area contributed by atoms with E-state index in [1.54, 1.807) is 72.8 Å². The van der Waals surface area contributed by atoms with Crippen LogP contribution in [0.2, 0.25) is 5.02 Å². The van der Waals surface area contributed by atoms with Crippen LogP contribution in [0.1, 0.15) is 24.1 Å². The van der Waals surface area contributed by atoms with Crippen molar-refractivity contribution in [3.63, 3.8) is 0 Å². The van der Waals surface area contributed by atoms with Crippen molar-refractivity contribution < 1.29 is 19.4 Å². The molecule has 1 fully saturated rings. The fourth-order valence-corrected chi connectivity index (χ4v) is 3.81. The van der Waals surface area contributed by atoms with E-state index < -0.39 is 17.7 Å². The van der Waals surface area contributed by atoms with Crippen LogP contribution in [0.3, 0.4) is 0 Å². The van der Waals surface area contributed by atoms with E-state index in [9.17, 15) is 14.7 Å². The zero-order valence-corrected chi connectivity index (χ0v) is 17.5. The number of nitrogens with zero attached hydrogens (tertiary/aromatic N) is 1. The van der Waals surface area contributed by atoms with Crippen molar-refractivity contribution in [2.45, 2.75) is 13.0 Å². The van der Waals surface area contributed by atoms with E-state index in [4.69, 9.17) is 16.3 Å². The monoisotopic (exact) mass is 433 g/mol. The van der Waals surface area contributed by atoms with Gasteiger partial charge < -0.3 is 9.84 Å². The van der Waals surface area contributed by atoms with Crippen molar-refractivity contribution in [1.29, 1.82) is 0 Å². The molecule has 1 saturated heterocycles. The molecule has 3 aromatic carbocycles. The summed E-state index contributed by atoms with van der Waals surface area (Å²) in [6, 6.07) is 21.7. The van der Waals surface area contributed by atoms with Crippen LogP contribution < -0.4 is 9.64 Å². The Balaban J connectivity index is 1.88. The van der Waals surface area contributed by atoms with E-state index in [2.05, 4.69) is 0 Å². The number of amides is 1. The van der Waals surface area contributed by atoms with Crippen LogP contribution in [-0.2, 0) is 9.59 Å². The molecule has 0 spiro atoms. The third-order valence-electron chi connectivity index (χ3n) is 5.10. The highest BCUT2D eigenvalue weighted by Crippen LogP contribution is 2.42. The minimum atomic E-state index is -0.796. The predicted octanol–water partition coefficient (Wildman–Crippen LogP) is 5.37. The molecule has 1 atom stereocenters. The summed E-state index contributed by atoms with van der Waals surface area (Å²) < 4.78 is 5.48. The van der Waals surface area contributed by atoms with E-state index in [-0.39, 0.29) is 11.3 Å². The van der Waals surface area contributed by atoms with Crippen molar-refractivity contribution in [1.82, 2.24) is 0 Å². The van der Waals surface area contributed by atoms with Crippen molar-refractivity contribution >= 4 is 34.7 Å². The highest BCUT2D eigenvalue weighted by atomic mass is 35.5. The molecule has 1 aliphatic rings. The predicted molar refractivity (Wildman–Crippen MR) is 120 cm³/mol. The first-order valence-corrected chi connectivity index (χ1v) is 10.2. The summed E-state index contributed by atoms with van der Waals surface area (Å²) in [5.41, 5.74) is 1.69. The topological polar surface area (TPSA) is 66.8 Å². The normalized spacial score (nSPS) is 17.7. The Bertz CT molecular complexity index is 1140. The molecule has 1 N–H and O–H groups in total. The van der Waals surface area contributed by atoms with Gasteiger partial charge in [0.1, 0.15) is 11.5 Å². The number of hydrogen-bond acceptors (Lipinski definition) is 4. The average molecular weight is 434 g/mol. The number of carbonyl (C=O) groups is 2. The van der Waals surface area contributed by atoms with Gasteiger partial charge in [-0.05, 0) is 48.9 Å². The fraction of sp³-hybridized carbons (Fsp3) is 0.120. The molecule has 5 nitrogen and oxygen atoms in total. The molecule has 0 radical (unpaired) electrons. The summed E-state index contributed by atoms with van der Waals surface area (Å²) >= 11 is 6.05. The standard InChI is InChI=1S/C25H20ClNO4/c1-2-31-20-14-12-19(13-15-20)27-22(16-8-10-18(26)11-9-16)21(24(29)25(27)30)23(28)17-6-4-3-5-7-17/h3-15,22,28H,2H2,1H3/b23-21-. The second-order valence-electron chi connectivity index (χ2n) is 7.01. The molecular formula is C25H20ClNO4. The van der Waals surface area contributed by atoms with Crippen LogP contribution in [0.25, 0.3) is 5.76 Å². The van der Waals surface area contributed by atoms with Crippen molar-refractivity contribution in [2.75, 3.05) is 11.5 Å². The minimum absolute atomic E-state index is 0.0346. The lowest BCUT2D eigenvalue weighted by atomic mass is 9.95. The van der Waals surface area contributed by atoms with Crippen LogP contribution in [0, 0.1) is 0 Å². The molecule has 4 rings (SSSR count). The molecular weight excluding hydrogens is 414 g/mol. The molecule has 0 aliphatic carbocycles. The Labute approximate surface area is 185 Å². The zero-order chi connectivity index (χ0) is 22.0. The van der Waals surface area contributed by atoms with Crippen LogP contribution in [0.15, 0.2) is 84.4 Å².